The Morgan fingerprint density at radius 2 is 2.14 bits per heavy atom. The molecule has 1 aliphatic heterocycles. The Kier molecular flexibility index (Phi) is 2.58. The number of thioether (sulfide) groups is 1. The molecule has 2 atom stereocenters. The molecule has 2 heteroatoms. The third kappa shape index (κ3) is 1.69. The van der Waals surface area contributed by atoms with Crippen LogP contribution in [0.15, 0.2) is 17.0 Å². The number of hydrogen-bond donors (Lipinski definition) is 1. The minimum absolute atomic E-state index is 0.284. The maximum atomic E-state index is 5.94. The van der Waals surface area contributed by atoms with Gasteiger partial charge in [-0.1, -0.05) is 6.07 Å². The van der Waals surface area contributed by atoms with E-state index in [1.165, 1.54) is 21.6 Å². The predicted molar refractivity (Wildman–Crippen MR) is 62.9 cm³/mol. The molecule has 0 saturated heterocycles. The highest BCUT2D eigenvalue weighted by Gasteiger charge is 2.26. The second-order valence-electron chi connectivity index (χ2n) is 4.28. The smallest absolute Gasteiger partial charge is 0.0284 e. The molecule has 0 saturated carbocycles. The van der Waals surface area contributed by atoms with Gasteiger partial charge in [-0.25, -0.2) is 0 Å². The van der Waals surface area contributed by atoms with Gasteiger partial charge in [0.1, 0.15) is 0 Å². The molecule has 0 aliphatic carbocycles. The molecule has 1 aliphatic rings. The maximum absolute atomic E-state index is 5.94. The fraction of sp³-hybridized carbons (Fsp3) is 0.500. The predicted octanol–water partition coefficient (Wildman–Crippen LogP) is 2.67. The van der Waals surface area contributed by atoms with Crippen molar-refractivity contribution in [1.82, 2.24) is 0 Å². The SMILES string of the molecule is Cc1cc(C)c2c(c1)SC(C(C)N)C2. The lowest BCUT2D eigenvalue weighted by Gasteiger charge is -2.11. The first kappa shape index (κ1) is 10.1. The molecule has 2 rings (SSSR count). The van der Waals surface area contributed by atoms with Crippen LogP contribution in [0.4, 0.5) is 0 Å². The Labute approximate surface area is 90.1 Å². The van der Waals surface area contributed by atoms with Gasteiger partial charge >= 0.3 is 0 Å². The zero-order valence-electron chi connectivity index (χ0n) is 9.00. The molecule has 2 N–H and O–H groups in total. The van der Waals surface area contributed by atoms with Crippen LogP contribution in [0.1, 0.15) is 23.6 Å². The van der Waals surface area contributed by atoms with E-state index >= 15 is 0 Å². The van der Waals surface area contributed by atoms with E-state index in [-0.39, 0.29) is 6.04 Å². The molecular formula is C12H17NS. The highest BCUT2D eigenvalue weighted by Crippen LogP contribution is 2.40. The first-order valence-corrected chi connectivity index (χ1v) is 5.98. The fourth-order valence-corrected chi connectivity index (χ4v) is 3.46. The van der Waals surface area contributed by atoms with Crippen LogP contribution in [-0.4, -0.2) is 11.3 Å². The van der Waals surface area contributed by atoms with Crippen molar-refractivity contribution >= 4 is 11.8 Å². The van der Waals surface area contributed by atoms with Crippen LogP contribution < -0.4 is 5.73 Å². The molecule has 1 nitrogen and oxygen atoms in total. The molecule has 0 amide bonds. The minimum atomic E-state index is 0.284. The zero-order valence-corrected chi connectivity index (χ0v) is 9.82. The monoisotopic (exact) mass is 207 g/mol. The molecular weight excluding hydrogens is 190 g/mol. The third-order valence-corrected chi connectivity index (χ3v) is 4.36. The highest BCUT2D eigenvalue weighted by molar-refractivity contribution is 8.00. The Bertz CT molecular complexity index is 358. The van der Waals surface area contributed by atoms with Crippen molar-refractivity contribution < 1.29 is 0 Å². The van der Waals surface area contributed by atoms with E-state index in [1.54, 1.807) is 0 Å². The summed E-state index contributed by atoms with van der Waals surface area (Å²) in [6.07, 6.45) is 1.14. The molecule has 0 fully saturated rings. The van der Waals surface area contributed by atoms with E-state index < -0.39 is 0 Å². The Balaban J connectivity index is 2.35. The van der Waals surface area contributed by atoms with Crippen LogP contribution in [0.5, 0.6) is 0 Å². The maximum Gasteiger partial charge on any atom is 0.0284 e. The first-order valence-electron chi connectivity index (χ1n) is 5.10. The zero-order chi connectivity index (χ0) is 10.3. The van der Waals surface area contributed by atoms with Gasteiger partial charge in [-0.3, -0.25) is 0 Å². The molecule has 1 aromatic rings. The van der Waals surface area contributed by atoms with Crippen LogP contribution in [0.3, 0.4) is 0 Å². The van der Waals surface area contributed by atoms with Crippen LogP contribution >= 0.6 is 11.8 Å². The van der Waals surface area contributed by atoms with Gasteiger partial charge in [0, 0.05) is 16.2 Å². The van der Waals surface area contributed by atoms with Gasteiger partial charge in [0.2, 0.25) is 0 Å². The van der Waals surface area contributed by atoms with Gasteiger partial charge < -0.3 is 5.73 Å². The van der Waals surface area contributed by atoms with E-state index in [9.17, 15) is 0 Å². The average Bonchev–Trinajstić information content (AvgIpc) is 2.47. The summed E-state index contributed by atoms with van der Waals surface area (Å²) in [6.45, 7) is 6.47. The first-order chi connectivity index (χ1) is 6.58. The number of aryl methyl sites for hydroxylation is 2. The highest BCUT2D eigenvalue weighted by atomic mass is 32.2. The normalized spacial score (nSPS) is 22.1. The van der Waals surface area contributed by atoms with Crippen molar-refractivity contribution in [3.8, 4) is 0 Å². The number of benzene rings is 1. The lowest BCUT2D eigenvalue weighted by molar-refractivity contribution is 0.691. The van der Waals surface area contributed by atoms with Crippen molar-refractivity contribution in [2.75, 3.05) is 0 Å². The third-order valence-electron chi connectivity index (χ3n) is 2.85. The Hall–Kier alpha value is -0.470. The Morgan fingerprint density at radius 3 is 2.79 bits per heavy atom. The van der Waals surface area contributed by atoms with Crippen molar-refractivity contribution in [3.63, 3.8) is 0 Å². The number of rotatable bonds is 1. The molecule has 0 radical (unpaired) electrons. The topological polar surface area (TPSA) is 26.0 Å². The summed E-state index contributed by atoms with van der Waals surface area (Å²) < 4.78 is 0. The van der Waals surface area contributed by atoms with Gasteiger partial charge in [0.05, 0.1) is 0 Å². The molecule has 0 aromatic heterocycles. The Morgan fingerprint density at radius 1 is 1.43 bits per heavy atom. The summed E-state index contributed by atoms with van der Waals surface area (Å²) in [7, 11) is 0. The van der Waals surface area contributed by atoms with E-state index in [0.717, 1.165) is 6.42 Å². The lowest BCUT2D eigenvalue weighted by atomic mass is 10.00. The van der Waals surface area contributed by atoms with Gasteiger partial charge in [-0.05, 0) is 49.9 Å². The lowest BCUT2D eigenvalue weighted by Crippen LogP contribution is -2.28. The second kappa shape index (κ2) is 3.59. The second-order valence-corrected chi connectivity index (χ2v) is 5.56. The molecule has 14 heavy (non-hydrogen) atoms. The molecule has 0 spiro atoms. The average molecular weight is 207 g/mol. The standard InChI is InChI=1S/C12H17NS/c1-7-4-8(2)10-6-11(9(3)13)14-12(10)5-7/h4-5,9,11H,6,13H2,1-3H3. The fourth-order valence-electron chi connectivity index (χ4n) is 2.02. The summed E-state index contributed by atoms with van der Waals surface area (Å²) in [5, 5.41) is 0.575. The molecule has 76 valence electrons. The summed E-state index contributed by atoms with van der Waals surface area (Å²) in [6, 6.07) is 4.84. The quantitative estimate of drug-likeness (QED) is 0.766. The summed E-state index contributed by atoms with van der Waals surface area (Å²) in [5.74, 6) is 0. The van der Waals surface area contributed by atoms with Gasteiger partial charge in [0.25, 0.3) is 0 Å². The minimum Gasteiger partial charge on any atom is -0.327 e. The van der Waals surface area contributed by atoms with Gasteiger partial charge in [0.15, 0.2) is 0 Å². The molecule has 1 aromatic carbocycles. The van der Waals surface area contributed by atoms with E-state index in [2.05, 4.69) is 32.9 Å². The van der Waals surface area contributed by atoms with Crippen LogP contribution in [0, 0.1) is 13.8 Å². The van der Waals surface area contributed by atoms with Crippen LogP contribution in [0.25, 0.3) is 0 Å². The largest absolute Gasteiger partial charge is 0.327 e. The van der Waals surface area contributed by atoms with E-state index in [0.29, 0.717) is 5.25 Å². The molecule has 2 unspecified atom stereocenters. The number of hydrogen-bond acceptors (Lipinski definition) is 2. The van der Waals surface area contributed by atoms with E-state index in [4.69, 9.17) is 5.73 Å². The van der Waals surface area contributed by atoms with Crippen molar-refractivity contribution in [1.29, 1.82) is 0 Å². The van der Waals surface area contributed by atoms with E-state index in [1.807, 2.05) is 11.8 Å². The molecule has 0 bridgehead atoms. The summed E-state index contributed by atoms with van der Waals surface area (Å²) >= 11 is 1.95. The van der Waals surface area contributed by atoms with Crippen molar-refractivity contribution in [3.05, 3.63) is 28.8 Å². The van der Waals surface area contributed by atoms with Crippen molar-refractivity contribution in [2.45, 2.75) is 43.4 Å². The van der Waals surface area contributed by atoms with Crippen LogP contribution in [-0.2, 0) is 6.42 Å². The summed E-state index contributed by atoms with van der Waals surface area (Å²) in [4.78, 5) is 1.45. The van der Waals surface area contributed by atoms with Crippen molar-refractivity contribution in [2.24, 2.45) is 5.73 Å². The van der Waals surface area contributed by atoms with Gasteiger partial charge in [-0.15, -0.1) is 11.8 Å². The van der Waals surface area contributed by atoms with Crippen LogP contribution in [0.2, 0.25) is 0 Å². The van der Waals surface area contributed by atoms with Gasteiger partial charge in [-0.2, -0.15) is 0 Å². The number of nitrogens with two attached hydrogens (primary N) is 1. The summed E-state index contributed by atoms with van der Waals surface area (Å²) in [5.41, 5.74) is 10.2. The number of fused-ring (bicyclic) bond motifs is 1. The molecule has 1 heterocycles.